The lowest BCUT2D eigenvalue weighted by molar-refractivity contribution is -0.0147. The summed E-state index contributed by atoms with van der Waals surface area (Å²) in [4.78, 5) is 15.1. The lowest BCUT2D eigenvalue weighted by atomic mass is 10.1. The van der Waals surface area contributed by atoms with Crippen molar-refractivity contribution in [1.29, 1.82) is 0 Å². The standard InChI is InChI=1S/C15H20N2O4/c1-15(19,9-20-2)8-16-14(18)13-6-10-4-5-11(21-3)7-12(10)17-13/h4-7,17,19H,8-9H2,1-3H3,(H,16,18). The number of hydrogen-bond donors (Lipinski definition) is 3. The molecule has 0 aliphatic heterocycles. The van der Waals surface area contributed by atoms with Crippen LogP contribution in [0.25, 0.3) is 10.9 Å². The summed E-state index contributed by atoms with van der Waals surface area (Å²) in [6, 6.07) is 7.30. The van der Waals surface area contributed by atoms with Gasteiger partial charge in [0.1, 0.15) is 17.0 Å². The Balaban J connectivity index is 2.09. The Morgan fingerprint density at radius 3 is 2.81 bits per heavy atom. The molecule has 0 bridgehead atoms. The van der Waals surface area contributed by atoms with E-state index in [-0.39, 0.29) is 19.1 Å². The fourth-order valence-corrected chi connectivity index (χ4v) is 2.08. The number of rotatable bonds is 6. The number of carbonyl (C=O) groups is 1. The minimum atomic E-state index is -1.10. The highest BCUT2D eigenvalue weighted by molar-refractivity contribution is 5.98. The lowest BCUT2D eigenvalue weighted by Crippen LogP contribution is -2.43. The van der Waals surface area contributed by atoms with E-state index in [0.29, 0.717) is 5.69 Å². The molecule has 1 atom stereocenters. The summed E-state index contributed by atoms with van der Waals surface area (Å²) < 4.78 is 10.0. The van der Waals surface area contributed by atoms with Crippen molar-refractivity contribution in [2.75, 3.05) is 27.4 Å². The fourth-order valence-electron chi connectivity index (χ4n) is 2.08. The van der Waals surface area contributed by atoms with Crippen molar-refractivity contribution in [2.24, 2.45) is 0 Å². The molecule has 1 amide bonds. The van der Waals surface area contributed by atoms with E-state index in [1.165, 1.54) is 7.11 Å². The van der Waals surface area contributed by atoms with Crippen molar-refractivity contribution in [3.8, 4) is 5.75 Å². The third kappa shape index (κ3) is 3.74. The van der Waals surface area contributed by atoms with Gasteiger partial charge >= 0.3 is 0 Å². The van der Waals surface area contributed by atoms with Gasteiger partial charge in [-0.2, -0.15) is 0 Å². The topological polar surface area (TPSA) is 83.6 Å². The average Bonchev–Trinajstić information content (AvgIpc) is 2.87. The van der Waals surface area contributed by atoms with E-state index in [1.54, 1.807) is 20.1 Å². The molecule has 2 rings (SSSR count). The molecule has 0 saturated carbocycles. The molecular weight excluding hydrogens is 272 g/mol. The maximum absolute atomic E-state index is 12.1. The first kappa shape index (κ1) is 15.3. The molecule has 3 N–H and O–H groups in total. The van der Waals surface area contributed by atoms with Gasteiger partial charge in [-0.1, -0.05) is 0 Å². The van der Waals surface area contributed by atoms with Gasteiger partial charge in [-0.25, -0.2) is 0 Å². The molecule has 21 heavy (non-hydrogen) atoms. The Labute approximate surface area is 123 Å². The predicted molar refractivity (Wildman–Crippen MR) is 79.7 cm³/mol. The molecule has 1 unspecified atom stereocenters. The van der Waals surface area contributed by atoms with E-state index < -0.39 is 5.60 Å². The number of hydrogen-bond acceptors (Lipinski definition) is 4. The molecule has 6 heteroatoms. The number of carbonyl (C=O) groups excluding carboxylic acids is 1. The summed E-state index contributed by atoms with van der Waals surface area (Å²) in [7, 11) is 3.09. The van der Waals surface area contributed by atoms with E-state index in [4.69, 9.17) is 9.47 Å². The van der Waals surface area contributed by atoms with Gasteiger partial charge in [0.15, 0.2) is 0 Å². The monoisotopic (exact) mass is 292 g/mol. The molecule has 1 heterocycles. The van der Waals surface area contributed by atoms with Crippen LogP contribution >= 0.6 is 0 Å². The van der Waals surface area contributed by atoms with Crippen LogP contribution in [0.1, 0.15) is 17.4 Å². The van der Waals surface area contributed by atoms with Gasteiger partial charge in [-0.3, -0.25) is 4.79 Å². The van der Waals surface area contributed by atoms with Crippen LogP contribution in [0, 0.1) is 0 Å². The van der Waals surface area contributed by atoms with Crippen LogP contribution in [0.3, 0.4) is 0 Å². The van der Waals surface area contributed by atoms with Gasteiger partial charge in [0.2, 0.25) is 0 Å². The first-order valence-electron chi connectivity index (χ1n) is 6.61. The Morgan fingerprint density at radius 1 is 1.38 bits per heavy atom. The highest BCUT2D eigenvalue weighted by Crippen LogP contribution is 2.21. The molecule has 0 saturated heterocycles. The number of amides is 1. The average molecular weight is 292 g/mol. The maximum atomic E-state index is 12.1. The third-order valence-electron chi connectivity index (χ3n) is 3.16. The normalized spacial score (nSPS) is 13.9. The largest absolute Gasteiger partial charge is 0.497 e. The fraction of sp³-hybridized carbons (Fsp3) is 0.400. The summed E-state index contributed by atoms with van der Waals surface area (Å²) in [5.41, 5.74) is 0.161. The molecule has 6 nitrogen and oxygen atoms in total. The highest BCUT2D eigenvalue weighted by atomic mass is 16.5. The molecule has 0 fully saturated rings. The van der Waals surface area contributed by atoms with E-state index in [2.05, 4.69) is 10.3 Å². The van der Waals surface area contributed by atoms with E-state index >= 15 is 0 Å². The van der Waals surface area contributed by atoms with Crippen molar-refractivity contribution in [1.82, 2.24) is 10.3 Å². The van der Waals surface area contributed by atoms with E-state index in [0.717, 1.165) is 16.7 Å². The van der Waals surface area contributed by atoms with Crippen LogP contribution in [0.5, 0.6) is 5.75 Å². The molecule has 0 spiro atoms. The van der Waals surface area contributed by atoms with Gasteiger partial charge in [0, 0.05) is 30.6 Å². The number of aromatic amines is 1. The summed E-state index contributed by atoms with van der Waals surface area (Å²) in [5.74, 6) is 0.445. The van der Waals surface area contributed by atoms with Crippen LogP contribution in [0.2, 0.25) is 0 Å². The second-order valence-electron chi connectivity index (χ2n) is 5.25. The highest BCUT2D eigenvalue weighted by Gasteiger charge is 2.21. The van der Waals surface area contributed by atoms with Gasteiger partial charge in [-0.15, -0.1) is 0 Å². The second kappa shape index (κ2) is 6.15. The number of methoxy groups -OCH3 is 2. The number of fused-ring (bicyclic) bond motifs is 1. The molecule has 1 aromatic heterocycles. The van der Waals surface area contributed by atoms with Crippen LogP contribution in [0.4, 0.5) is 0 Å². The number of nitrogens with one attached hydrogen (secondary N) is 2. The summed E-state index contributed by atoms with van der Waals surface area (Å²) >= 11 is 0. The van der Waals surface area contributed by atoms with Crippen molar-refractivity contribution in [3.63, 3.8) is 0 Å². The third-order valence-corrected chi connectivity index (χ3v) is 3.16. The molecule has 0 aliphatic rings. The minimum Gasteiger partial charge on any atom is -0.497 e. The molecular formula is C15H20N2O4. The lowest BCUT2D eigenvalue weighted by Gasteiger charge is -2.22. The number of aromatic nitrogens is 1. The van der Waals surface area contributed by atoms with Gasteiger partial charge < -0.3 is 24.9 Å². The number of aliphatic hydroxyl groups is 1. The van der Waals surface area contributed by atoms with Crippen molar-refractivity contribution in [3.05, 3.63) is 30.0 Å². The van der Waals surface area contributed by atoms with Crippen molar-refractivity contribution >= 4 is 16.8 Å². The van der Waals surface area contributed by atoms with Crippen molar-refractivity contribution in [2.45, 2.75) is 12.5 Å². The first-order valence-corrected chi connectivity index (χ1v) is 6.61. The van der Waals surface area contributed by atoms with E-state index in [1.807, 2.05) is 18.2 Å². The number of benzene rings is 1. The smallest absolute Gasteiger partial charge is 0.267 e. The molecule has 114 valence electrons. The van der Waals surface area contributed by atoms with Gasteiger partial charge in [0.25, 0.3) is 5.91 Å². The SMILES string of the molecule is COCC(C)(O)CNC(=O)c1cc2ccc(OC)cc2[nH]1. The molecule has 0 radical (unpaired) electrons. The zero-order chi connectivity index (χ0) is 15.5. The van der Waals surface area contributed by atoms with Gasteiger partial charge in [0.05, 0.1) is 13.7 Å². The Morgan fingerprint density at radius 2 is 2.14 bits per heavy atom. The van der Waals surface area contributed by atoms with Crippen LogP contribution < -0.4 is 10.1 Å². The number of ether oxygens (including phenoxy) is 2. The van der Waals surface area contributed by atoms with E-state index in [9.17, 15) is 9.90 Å². The predicted octanol–water partition coefficient (Wildman–Crippen LogP) is 1.30. The van der Waals surface area contributed by atoms with Crippen molar-refractivity contribution < 1.29 is 19.4 Å². The van der Waals surface area contributed by atoms with Crippen LogP contribution in [-0.2, 0) is 4.74 Å². The molecule has 1 aromatic carbocycles. The Hall–Kier alpha value is -2.05. The Kier molecular flexibility index (Phi) is 4.50. The minimum absolute atomic E-state index is 0.109. The summed E-state index contributed by atoms with van der Waals surface area (Å²) in [6.45, 7) is 1.86. The van der Waals surface area contributed by atoms with Gasteiger partial charge in [-0.05, 0) is 25.1 Å². The van der Waals surface area contributed by atoms with Crippen LogP contribution in [-0.4, -0.2) is 49.0 Å². The summed E-state index contributed by atoms with van der Waals surface area (Å²) in [6.07, 6.45) is 0. The van der Waals surface area contributed by atoms with Crippen LogP contribution in [0.15, 0.2) is 24.3 Å². The zero-order valence-electron chi connectivity index (χ0n) is 12.4. The summed E-state index contributed by atoms with van der Waals surface area (Å²) in [5, 5.41) is 13.6. The quantitative estimate of drug-likeness (QED) is 0.749. The number of H-pyrrole nitrogens is 1. The maximum Gasteiger partial charge on any atom is 0.267 e. The molecule has 2 aromatic rings. The first-order chi connectivity index (χ1) is 9.95. The second-order valence-corrected chi connectivity index (χ2v) is 5.25. The molecule has 0 aliphatic carbocycles. The Bertz CT molecular complexity index is 634. The zero-order valence-corrected chi connectivity index (χ0v) is 12.4.